The molecule has 4 rings (SSSR count). The average Bonchev–Trinajstić information content (AvgIpc) is 3.16. The van der Waals surface area contributed by atoms with Crippen LogP contribution in [0.1, 0.15) is 18.4 Å². The van der Waals surface area contributed by atoms with Crippen molar-refractivity contribution in [3.63, 3.8) is 0 Å². The van der Waals surface area contributed by atoms with E-state index in [2.05, 4.69) is 5.32 Å². The van der Waals surface area contributed by atoms with E-state index < -0.39 is 0 Å². The van der Waals surface area contributed by atoms with E-state index in [1.54, 1.807) is 13.4 Å². The molecule has 2 fully saturated rings. The quantitative estimate of drug-likeness (QED) is 0.940. The number of nitrogens with zero attached hydrogens (tertiary/aromatic N) is 1. The van der Waals surface area contributed by atoms with Gasteiger partial charge in [-0.25, -0.2) is 0 Å². The van der Waals surface area contributed by atoms with Crippen molar-refractivity contribution in [3.05, 3.63) is 30.0 Å². The van der Waals surface area contributed by atoms with E-state index >= 15 is 0 Å². The highest BCUT2D eigenvalue weighted by molar-refractivity contribution is 5.88. The number of carbonyl (C=O) groups excluding carboxylic acids is 1. The summed E-state index contributed by atoms with van der Waals surface area (Å²) in [6.45, 7) is 3.98. The van der Waals surface area contributed by atoms with Gasteiger partial charge in [0.25, 0.3) is 0 Å². The van der Waals surface area contributed by atoms with Crippen molar-refractivity contribution in [2.24, 2.45) is 11.8 Å². The molecule has 5 heteroatoms. The molecule has 0 aliphatic carbocycles. The van der Waals surface area contributed by atoms with Gasteiger partial charge in [0.15, 0.2) is 0 Å². The van der Waals surface area contributed by atoms with Crippen molar-refractivity contribution < 1.29 is 13.9 Å². The van der Waals surface area contributed by atoms with Crippen LogP contribution in [-0.2, 0) is 11.2 Å². The molecule has 0 radical (unpaired) electrons. The molecule has 1 aromatic carbocycles. The predicted molar refractivity (Wildman–Crippen MR) is 92.1 cm³/mol. The number of methoxy groups -OCH3 is 1. The van der Waals surface area contributed by atoms with Crippen LogP contribution in [0.5, 0.6) is 5.75 Å². The fraction of sp³-hybridized carbons (Fsp3) is 0.526. The molecule has 0 saturated carbocycles. The lowest BCUT2D eigenvalue weighted by atomic mass is 9.92. The zero-order chi connectivity index (χ0) is 16.5. The Labute approximate surface area is 141 Å². The number of benzene rings is 1. The van der Waals surface area contributed by atoms with Crippen molar-refractivity contribution >= 4 is 16.9 Å². The normalized spacial score (nSPS) is 24.0. The van der Waals surface area contributed by atoms with Crippen molar-refractivity contribution in [1.82, 2.24) is 10.2 Å². The van der Waals surface area contributed by atoms with Crippen LogP contribution in [0.2, 0.25) is 0 Å². The van der Waals surface area contributed by atoms with E-state index in [0.29, 0.717) is 6.42 Å². The zero-order valence-corrected chi connectivity index (χ0v) is 14.1. The van der Waals surface area contributed by atoms with Gasteiger partial charge >= 0.3 is 0 Å². The van der Waals surface area contributed by atoms with Gasteiger partial charge in [-0.05, 0) is 49.9 Å². The third kappa shape index (κ3) is 2.88. The van der Waals surface area contributed by atoms with Gasteiger partial charge in [0, 0.05) is 30.1 Å². The number of carbonyl (C=O) groups is 1. The highest BCUT2D eigenvalue weighted by Crippen LogP contribution is 2.29. The van der Waals surface area contributed by atoms with Crippen LogP contribution in [0.3, 0.4) is 0 Å². The molecule has 0 spiro atoms. The number of ether oxygens (including phenoxy) is 1. The summed E-state index contributed by atoms with van der Waals surface area (Å²) in [5.74, 6) is 2.46. The molecule has 2 aliphatic rings. The molecule has 128 valence electrons. The summed E-state index contributed by atoms with van der Waals surface area (Å²) in [6.07, 6.45) is 4.35. The van der Waals surface area contributed by atoms with E-state index in [1.165, 1.54) is 0 Å². The third-order valence-electron chi connectivity index (χ3n) is 5.58. The summed E-state index contributed by atoms with van der Waals surface area (Å²) < 4.78 is 10.8. The standard InChI is InChI=1S/C19H24N2O3/c1-23-16-2-3-17-15(12-24-18(17)9-16)8-19(22)21-6-4-13-10-20-11-14(13)5-7-21/h2-3,9,12-14,20H,4-8,10-11H2,1H3/t13-,14+. The van der Waals surface area contributed by atoms with Gasteiger partial charge in [0.2, 0.25) is 5.91 Å². The van der Waals surface area contributed by atoms with Gasteiger partial charge in [-0.3, -0.25) is 4.79 Å². The van der Waals surface area contributed by atoms with Gasteiger partial charge < -0.3 is 19.4 Å². The van der Waals surface area contributed by atoms with Crippen molar-refractivity contribution in [1.29, 1.82) is 0 Å². The highest BCUT2D eigenvalue weighted by Gasteiger charge is 2.31. The molecule has 0 unspecified atom stereocenters. The monoisotopic (exact) mass is 328 g/mol. The van der Waals surface area contributed by atoms with Crippen LogP contribution < -0.4 is 10.1 Å². The molecule has 3 heterocycles. The fourth-order valence-electron chi connectivity index (χ4n) is 4.07. The zero-order valence-electron chi connectivity index (χ0n) is 14.1. The van der Waals surface area contributed by atoms with Gasteiger partial charge in [-0.15, -0.1) is 0 Å². The van der Waals surface area contributed by atoms with Gasteiger partial charge in [-0.2, -0.15) is 0 Å². The Morgan fingerprint density at radius 2 is 2.04 bits per heavy atom. The molecule has 0 bridgehead atoms. The number of fused-ring (bicyclic) bond motifs is 2. The summed E-state index contributed by atoms with van der Waals surface area (Å²) in [4.78, 5) is 14.8. The van der Waals surface area contributed by atoms with Crippen LogP contribution >= 0.6 is 0 Å². The number of nitrogens with one attached hydrogen (secondary N) is 1. The number of hydrogen-bond donors (Lipinski definition) is 1. The van der Waals surface area contributed by atoms with Gasteiger partial charge in [-0.1, -0.05) is 0 Å². The van der Waals surface area contributed by atoms with Crippen LogP contribution in [0, 0.1) is 11.8 Å². The minimum absolute atomic E-state index is 0.210. The first-order valence-corrected chi connectivity index (χ1v) is 8.77. The van der Waals surface area contributed by atoms with E-state index in [9.17, 15) is 4.79 Å². The maximum atomic E-state index is 12.7. The van der Waals surface area contributed by atoms with Gasteiger partial charge in [0.1, 0.15) is 11.3 Å². The molecule has 24 heavy (non-hydrogen) atoms. The Hall–Kier alpha value is -2.01. The first kappa shape index (κ1) is 15.5. The average molecular weight is 328 g/mol. The Morgan fingerprint density at radius 3 is 2.75 bits per heavy atom. The maximum absolute atomic E-state index is 12.7. The molecule has 2 saturated heterocycles. The number of rotatable bonds is 3. The van der Waals surface area contributed by atoms with Crippen LogP contribution in [0.25, 0.3) is 11.0 Å². The topological polar surface area (TPSA) is 54.7 Å². The van der Waals surface area contributed by atoms with Crippen LogP contribution in [-0.4, -0.2) is 44.1 Å². The third-order valence-corrected chi connectivity index (χ3v) is 5.58. The lowest BCUT2D eigenvalue weighted by Gasteiger charge is -2.20. The molecule has 1 amide bonds. The molecule has 2 aliphatic heterocycles. The minimum atomic E-state index is 0.210. The van der Waals surface area contributed by atoms with E-state index in [-0.39, 0.29) is 5.91 Å². The fourth-order valence-corrected chi connectivity index (χ4v) is 4.07. The van der Waals surface area contributed by atoms with Crippen LogP contribution in [0.15, 0.2) is 28.9 Å². The molecule has 1 aromatic heterocycles. The number of hydrogen-bond acceptors (Lipinski definition) is 4. The Bertz CT molecular complexity index is 725. The molecule has 5 nitrogen and oxygen atoms in total. The maximum Gasteiger partial charge on any atom is 0.227 e. The van der Waals surface area contributed by atoms with Crippen LogP contribution in [0.4, 0.5) is 0 Å². The smallest absolute Gasteiger partial charge is 0.227 e. The molecular weight excluding hydrogens is 304 g/mol. The van der Waals surface area contributed by atoms with Crippen molar-refractivity contribution in [2.75, 3.05) is 33.3 Å². The largest absolute Gasteiger partial charge is 0.497 e. The first-order chi connectivity index (χ1) is 11.7. The SMILES string of the molecule is COc1ccc2c(CC(=O)N3CC[C@@H]4CNC[C@@H]4CC3)coc2c1. The summed E-state index contributed by atoms with van der Waals surface area (Å²) in [6, 6.07) is 5.74. The summed E-state index contributed by atoms with van der Waals surface area (Å²) in [5, 5.41) is 4.48. The molecule has 2 atom stereocenters. The lowest BCUT2D eigenvalue weighted by molar-refractivity contribution is -0.130. The highest BCUT2D eigenvalue weighted by atomic mass is 16.5. The predicted octanol–water partition coefficient (Wildman–Crippen LogP) is 2.44. The first-order valence-electron chi connectivity index (χ1n) is 8.77. The summed E-state index contributed by atoms with van der Waals surface area (Å²) in [7, 11) is 1.64. The van der Waals surface area contributed by atoms with E-state index in [0.717, 1.165) is 73.1 Å². The molecule has 1 N–H and O–H groups in total. The van der Waals surface area contributed by atoms with Gasteiger partial charge in [0.05, 0.1) is 19.8 Å². The Kier molecular flexibility index (Phi) is 4.19. The Morgan fingerprint density at radius 1 is 1.29 bits per heavy atom. The summed E-state index contributed by atoms with van der Waals surface area (Å²) in [5.41, 5.74) is 1.73. The number of amides is 1. The molecular formula is C19H24N2O3. The van der Waals surface area contributed by atoms with E-state index in [4.69, 9.17) is 9.15 Å². The minimum Gasteiger partial charge on any atom is -0.497 e. The molecule has 2 aromatic rings. The second-order valence-electron chi connectivity index (χ2n) is 6.94. The number of furan rings is 1. The van der Waals surface area contributed by atoms with Crippen molar-refractivity contribution in [2.45, 2.75) is 19.3 Å². The second kappa shape index (κ2) is 6.48. The summed E-state index contributed by atoms with van der Waals surface area (Å²) >= 11 is 0. The lowest BCUT2D eigenvalue weighted by Crippen LogP contribution is -2.33. The number of likely N-dealkylation sites (tertiary alicyclic amines) is 1. The van der Waals surface area contributed by atoms with E-state index in [1.807, 2.05) is 23.1 Å². The second-order valence-corrected chi connectivity index (χ2v) is 6.94. The van der Waals surface area contributed by atoms with Crippen molar-refractivity contribution in [3.8, 4) is 5.75 Å². The Balaban J connectivity index is 1.46.